The van der Waals surface area contributed by atoms with Gasteiger partial charge in [-0.3, -0.25) is 14.5 Å². The van der Waals surface area contributed by atoms with E-state index in [-0.39, 0.29) is 35.3 Å². The van der Waals surface area contributed by atoms with E-state index in [9.17, 15) is 9.59 Å². The van der Waals surface area contributed by atoms with Crippen LogP contribution in [0.15, 0.2) is 60.7 Å². The number of carbonyl (C=O) groups is 2. The molecule has 7 rings (SSSR count). The van der Waals surface area contributed by atoms with Gasteiger partial charge >= 0.3 is 5.97 Å². The highest BCUT2D eigenvalue weighted by Gasteiger charge is 2.63. The van der Waals surface area contributed by atoms with Gasteiger partial charge in [0.25, 0.3) is 0 Å². The fourth-order valence-corrected chi connectivity index (χ4v) is 7.87. The number of anilines is 1. The van der Waals surface area contributed by atoms with Crippen LogP contribution in [-0.4, -0.2) is 51.6 Å². The Morgan fingerprint density at radius 1 is 1.09 bits per heavy atom. The van der Waals surface area contributed by atoms with Crippen LogP contribution < -0.4 is 5.32 Å². The number of aryl methyl sites for hydroxylation is 1. The number of likely N-dealkylation sites (tertiary alicyclic amines) is 1. The highest BCUT2D eigenvalue weighted by atomic mass is 35.5. The molecule has 1 N–H and O–H groups in total. The third-order valence-corrected chi connectivity index (χ3v) is 10.3. The van der Waals surface area contributed by atoms with E-state index in [4.69, 9.17) is 32.9 Å². The molecule has 1 aliphatic carbocycles. The summed E-state index contributed by atoms with van der Waals surface area (Å²) in [5.41, 5.74) is 2.37. The maximum atomic E-state index is 16.1. The summed E-state index contributed by atoms with van der Waals surface area (Å²) in [4.78, 5) is 34.1. The molecule has 0 unspecified atom stereocenters. The minimum atomic E-state index is -1.13. The fraction of sp³-hybridized carbons (Fsp3) is 0.382. The maximum Gasteiger partial charge on any atom is 0.309 e. The van der Waals surface area contributed by atoms with Crippen LogP contribution in [0.1, 0.15) is 55.0 Å². The topological polar surface area (TPSA) is 76.5 Å². The Morgan fingerprint density at radius 3 is 2.64 bits per heavy atom. The molecule has 0 spiro atoms. The van der Waals surface area contributed by atoms with E-state index in [1.54, 1.807) is 36.4 Å². The van der Waals surface area contributed by atoms with Crippen LogP contribution in [-0.2, 0) is 27.3 Å². The quantitative estimate of drug-likeness (QED) is 0.222. The lowest BCUT2D eigenvalue weighted by Gasteiger charge is -2.40. The number of methoxy groups -OCH3 is 1. The van der Waals surface area contributed by atoms with Crippen molar-refractivity contribution >= 4 is 51.8 Å². The smallest absolute Gasteiger partial charge is 0.309 e. The van der Waals surface area contributed by atoms with Crippen molar-refractivity contribution in [2.24, 2.45) is 5.92 Å². The van der Waals surface area contributed by atoms with Crippen LogP contribution >= 0.6 is 23.2 Å². The van der Waals surface area contributed by atoms with Crippen molar-refractivity contribution in [1.29, 1.82) is 0 Å². The Kier molecular flexibility index (Phi) is 7.42. The number of ether oxygens (including phenoxy) is 1. The number of imidazole rings is 1. The second kappa shape index (κ2) is 11.2. The van der Waals surface area contributed by atoms with Gasteiger partial charge in [-0.1, -0.05) is 47.5 Å². The third-order valence-electron chi connectivity index (χ3n) is 9.75. The molecule has 0 bridgehead atoms. The van der Waals surface area contributed by atoms with Crippen molar-refractivity contribution < 1.29 is 18.7 Å². The molecule has 4 aromatic rings. The Morgan fingerprint density at radius 2 is 1.89 bits per heavy atom. The molecule has 1 aromatic heterocycles. The normalized spacial score (nSPS) is 24.6. The second-order valence-electron chi connectivity index (χ2n) is 12.4. The summed E-state index contributed by atoms with van der Waals surface area (Å²) in [6.07, 6.45) is 3.14. The summed E-state index contributed by atoms with van der Waals surface area (Å²) in [5, 5.41) is 3.66. The SMILES string of the molecule is COC(=O)Cc1ccc2c(c1)nc1n2CC[C@H]2[C@@H]1[C@H](c1cccc(Cl)c1F)[C@](C)(C(=O)Nc1cccc(Cl)c1)N2CC1CC1. The average molecular weight is 636 g/mol. The summed E-state index contributed by atoms with van der Waals surface area (Å²) in [5.74, 6) is -0.632. The highest BCUT2D eigenvalue weighted by Crippen LogP contribution is 2.58. The van der Waals surface area contributed by atoms with Crippen LogP contribution in [0.2, 0.25) is 10.0 Å². The van der Waals surface area contributed by atoms with Crippen LogP contribution in [0.25, 0.3) is 11.0 Å². The molecule has 3 aromatic carbocycles. The summed E-state index contributed by atoms with van der Waals surface area (Å²) >= 11 is 12.7. The zero-order chi connectivity index (χ0) is 30.7. The number of halogens is 3. The van der Waals surface area contributed by atoms with Crippen molar-refractivity contribution in [3.63, 3.8) is 0 Å². The van der Waals surface area contributed by atoms with Crippen LogP contribution in [0.4, 0.5) is 10.1 Å². The van der Waals surface area contributed by atoms with Crippen LogP contribution in [0, 0.1) is 11.7 Å². The van der Waals surface area contributed by atoms with E-state index in [1.807, 2.05) is 25.1 Å². The van der Waals surface area contributed by atoms with Gasteiger partial charge in [0.15, 0.2) is 0 Å². The van der Waals surface area contributed by atoms with E-state index in [2.05, 4.69) is 14.8 Å². The molecule has 2 fully saturated rings. The standard InChI is InChI=1S/C34H33Cl2FN4O3/c1-34(33(43)38-22-6-3-5-21(35)17-22)30(23-7-4-8-24(36)31(23)37)29-27(41(34)18-19-9-10-19)13-14-40-26-12-11-20(16-28(42)44-2)15-25(26)39-32(29)40/h3-8,11-12,15,17,19,27,29-30H,9-10,13-14,16,18H2,1-2H3,(H,38,43)/t27-,29+,30-,34+/m0/s1. The Balaban J connectivity index is 1.40. The summed E-state index contributed by atoms with van der Waals surface area (Å²) in [6, 6.07) is 17.9. The first-order valence-corrected chi connectivity index (χ1v) is 15.8. The van der Waals surface area contributed by atoms with Gasteiger partial charge in [0.1, 0.15) is 17.2 Å². The molecule has 2 aliphatic heterocycles. The minimum absolute atomic E-state index is 0.0223. The molecule has 3 aliphatic rings. The number of fused-ring (bicyclic) bond motifs is 5. The molecule has 228 valence electrons. The van der Waals surface area contributed by atoms with Gasteiger partial charge in [0, 0.05) is 41.7 Å². The van der Waals surface area contributed by atoms with Crippen molar-refractivity contribution in [1.82, 2.24) is 14.5 Å². The zero-order valence-electron chi connectivity index (χ0n) is 24.5. The predicted molar refractivity (Wildman–Crippen MR) is 169 cm³/mol. The fourth-order valence-electron chi connectivity index (χ4n) is 7.50. The van der Waals surface area contributed by atoms with Gasteiger partial charge in [-0.25, -0.2) is 9.37 Å². The Hall–Kier alpha value is -3.46. The summed E-state index contributed by atoms with van der Waals surface area (Å²) in [6.45, 7) is 3.39. The number of hydrogen-bond acceptors (Lipinski definition) is 5. The predicted octanol–water partition coefficient (Wildman–Crippen LogP) is 6.96. The molecule has 1 saturated carbocycles. The van der Waals surface area contributed by atoms with Gasteiger partial charge in [-0.15, -0.1) is 0 Å². The maximum absolute atomic E-state index is 16.1. The molecule has 0 radical (unpaired) electrons. The van der Waals surface area contributed by atoms with Gasteiger partial charge < -0.3 is 14.6 Å². The highest BCUT2D eigenvalue weighted by molar-refractivity contribution is 6.31. The zero-order valence-corrected chi connectivity index (χ0v) is 26.0. The van der Waals surface area contributed by atoms with E-state index < -0.39 is 17.3 Å². The van der Waals surface area contributed by atoms with Crippen LogP contribution in [0.3, 0.4) is 0 Å². The number of carbonyl (C=O) groups excluding carboxylic acids is 2. The molecule has 4 atom stereocenters. The van der Waals surface area contributed by atoms with E-state index in [0.717, 1.165) is 48.2 Å². The summed E-state index contributed by atoms with van der Waals surface area (Å²) in [7, 11) is 1.37. The van der Waals surface area contributed by atoms with E-state index >= 15 is 4.39 Å². The number of hydrogen-bond donors (Lipinski definition) is 1. The van der Waals surface area contributed by atoms with Crippen molar-refractivity contribution in [2.75, 3.05) is 19.0 Å². The van der Waals surface area contributed by atoms with Gasteiger partial charge in [0.05, 0.1) is 29.6 Å². The lowest BCUT2D eigenvalue weighted by atomic mass is 9.73. The first kappa shape index (κ1) is 29.3. The van der Waals surface area contributed by atoms with E-state index in [0.29, 0.717) is 28.7 Å². The van der Waals surface area contributed by atoms with Gasteiger partial charge in [-0.05, 0) is 79.6 Å². The molecule has 1 amide bonds. The monoisotopic (exact) mass is 634 g/mol. The number of nitrogens with one attached hydrogen (secondary N) is 1. The van der Waals surface area contributed by atoms with E-state index in [1.165, 1.54) is 13.2 Å². The molecule has 7 nitrogen and oxygen atoms in total. The number of esters is 1. The molecular formula is C34H33Cl2FN4O3. The van der Waals surface area contributed by atoms with Crippen molar-refractivity contribution in [2.45, 2.75) is 62.6 Å². The minimum Gasteiger partial charge on any atom is -0.469 e. The number of rotatable bonds is 7. The van der Waals surface area contributed by atoms with Crippen molar-refractivity contribution in [3.05, 3.63) is 93.5 Å². The summed E-state index contributed by atoms with van der Waals surface area (Å²) < 4.78 is 23.2. The average Bonchev–Trinajstić information content (AvgIpc) is 3.70. The lowest BCUT2D eigenvalue weighted by Crippen LogP contribution is -2.56. The first-order chi connectivity index (χ1) is 21.2. The Bertz CT molecular complexity index is 1790. The van der Waals surface area contributed by atoms with Gasteiger partial charge in [0.2, 0.25) is 5.91 Å². The molecule has 10 heteroatoms. The molecule has 3 heterocycles. The lowest BCUT2D eigenvalue weighted by molar-refractivity contribution is -0.139. The van der Waals surface area contributed by atoms with Crippen LogP contribution in [0.5, 0.6) is 0 Å². The second-order valence-corrected chi connectivity index (χ2v) is 13.3. The van der Waals surface area contributed by atoms with Crippen molar-refractivity contribution in [3.8, 4) is 0 Å². The Labute approximate surface area is 265 Å². The molecular weight excluding hydrogens is 602 g/mol. The number of benzene rings is 3. The number of aromatic nitrogens is 2. The number of amides is 1. The largest absolute Gasteiger partial charge is 0.469 e. The van der Waals surface area contributed by atoms with Gasteiger partial charge in [-0.2, -0.15) is 0 Å². The first-order valence-electron chi connectivity index (χ1n) is 15.0. The molecule has 1 saturated heterocycles. The third kappa shape index (κ3) is 4.88. The number of nitrogens with zero attached hydrogens (tertiary/aromatic N) is 3. The molecule has 44 heavy (non-hydrogen) atoms.